The molecule has 0 amide bonds. The van der Waals surface area contributed by atoms with E-state index in [4.69, 9.17) is 0 Å². The van der Waals surface area contributed by atoms with Gasteiger partial charge >= 0.3 is 5.97 Å². The van der Waals surface area contributed by atoms with E-state index in [0.717, 1.165) is 25.3 Å². The molecule has 94 valence electrons. The van der Waals surface area contributed by atoms with Gasteiger partial charge in [-0.2, -0.15) is 0 Å². The van der Waals surface area contributed by atoms with Crippen LogP contribution in [0.15, 0.2) is 0 Å². The third kappa shape index (κ3) is 3.48. The number of hydrogen-bond donors (Lipinski definition) is 1. The second-order valence-corrected chi connectivity index (χ2v) is 5.84. The Bertz CT molecular complexity index is 248. The van der Waals surface area contributed by atoms with Crippen LogP contribution in [0.25, 0.3) is 0 Å². The fraction of sp³-hybridized carbons (Fsp3) is 0.923. The van der Waals surface area contributed by atoms with Gasteiger partial charge in [0.05, 0.1) is 0 Å². The molecule has 1 saturated carbocycles. The Morgan fingerprint density at radius 2 is 2.06 bits per heavy atom. The first-order valence-corrected chi connectivity index (χ1v) is 6.31. The van der Waals surface area contributed by atoms with Gasteiger partial charge in [-0.05, 0) is 51.5 Å². The fourth-order valence-electron chi connectivity index (χ4n) is 1.92. The van der Waals surface area contributed by atoms with Crippen molar-refractivity contribution in [1.29, 1.82) is 0 Å². The standard InChI is InChI=1S/C13H25NO2/c1-10(2)7-8-13(3,12(15)16)14(4)9-11-5-6-11/h10-11H,5-9H2,1-4H3,(H,15,16). The molecule has 0 aromatic rings. The summed E-state index contributed by atoms with van der Waals surface area (Å²) in [7, 11) is 1.95. The smallest absolute Gasteiger partial charge is 0.323 e. The molecular weight excluding hydrogens is 202 g/mol. The van der Waals surface area contributed by atoms with Crippen molar-refractivity contribution in [2.75, 3.05) is 13.6 Å². The van der Waals surface area contributed by atoms with Crippen molar-refractivity contribution in [3.05, 3.63) is 0 Å². The average Bonchev–Trinajstić information content (AvgIpc) is 2.97. The van der Waals surface area contributed by atoms with Gasteiger partial charge in [-0.1, -0.05) is 13.8 Å². The Hall–Kier alpha value is -0.570. The molecule has 0 aromatic carbocycles. The predicted molar refractivity (Wildman–Crippen MR) is 65.5 cm³/mol. The average molecular weight is 227 g/mol. The molecule has 1 aliphatic rings. The highest BCUT2D eigenvalue weighted by Crippen LogP contribution is 2.33. The van der Waals surface area contributed by atoms with E-state index in [2.05, 4.69) is 13.8 Å². The molecule has 0 bridgehead atoms. The predicted octanol–water partition coefficient (Wildman–Crippen LogP) is 2.61. The van der Waals surface area contributed by atoms with Crippen LogP contribution in [0.1, 0.15) is 46.5 Å². The summed E-state index contributed by atoms with van der Waals surface area (Å²) in [5, 5.41) is 9.41. The third-order valence-electron chi connectivity index (χ3n) is 3.74. The van der Waals surface area contributed by atoms with E-state index in [0.29, 0.717) is 5.92 Å². The first kappa shape index (κ1) is 13.5. The normalized spacial score (nSPS) is 20.1. The maximum Gasteiger partial charge on any atom is 0.323 e. The van der Waals surface area contributed by atoms with Gasteiger partial charge < -0.3 is 5.11 Å². The highest BCUT2D eigenvalue weighted by atomic mass is 16.4. The summed E-state index contributed by atoms with van der Waals surface area (Å²) in [5.41, 5.74) is -0.688. The molecule has 1 N–H and O–H groups in total. The number of nitrogens with zero attached hydrogens (tertiary/aromatic N) is 1. The maximum absolute atomic E-state index is 11.4. The summed E-state index contributed by atoms with van der Waals surface area (Å²) < 4.78 is 0. The maximum atomic E-state index is 11.4. The van der Waals surface area contributed by atoms with Gasteiger partial charge in [0.25, 0.3) is 0 Å². The van der Waals surface area contributed by atoms with Crippen molar-refractivity contribution in [2.24, 2.45) is 11.8 Å². The number of likely N-dealkylation sites (N-methyl/N-ethyl adjacent to an activating group) is 1. The second kappa shape index (κ2) is 5.17. The van der Waals surface area contributed by atoms with Crippen LogP contribution < -0.4 is 0 Å². The van der Waals surface area contributed by atoms with E-state index >= 15 is 0 Å². The van der Waals surface area contributed by atoms with E-state index in [1.807, 2.05) is 18.9 Å². The van der Waals surface area contributed by atoms with Crippen molar-refractivity contribution in [2.45, 2.75) is 52.0 Å². The Balaban J connectivity index is 2.57. The van der Waals surface area contributed by atoms with Crippen LogP contribution in [-0.4, -0.2) is 35.1 Å². The van der Waals surface area contributed by atoms with Crippen LogP contribution in [0.2, 0.25) is 0 Å². The number of hydrogen-bond acceptors (Lipinski definition) is 2. The summed E-state index contributed by atoms with van der Waals surface area (Å²) in [6, 6.07) is 0. The monoisotopic (exact) mass is 227 g/mol. The molecule has 1 fully saturated rings. The summed E-state index contributed by atoms with van der Waals surface area (Å²) in [6.07, 6.45) is 4.25. The molecule has 1 atom stereocenters. The van der Waals surface area contributed by atoms with Crippen molar-refractivity contribution in [3.8, 4) is 0 Å². The first-order chi connectivity index (χ1) is 7.36. The molecule has 3 nitrogen and oxygen atoms in total. The molecule has 0 radical (unpaired) electrons. The molecule has 1 unspecified atom stereocenters. The molecule has 0 aliphatic heterocycles. The molecule has 0 aromatic heterocycles. The molecule has 3 heteroatoms. The molecule has 1 rings (SSSR count). The highest BCUT2D eigenvalue weighted by molar-refractivity contribution is 5.78. The Morgan fingerprint density at radius 3 is 2.44 bits per heavy atom. The SMILES string of the molecule is CC(C)CCC(C)(C(=O)O)N(C)CC1CC1. The Morgan fingerprint density at radius 1 is 1.50 bits per heavy atom. The lowest BCUT2D eigenvalue weighted by atomic mass is 9.90. The first-order valence-electron chi connectivity index (χ1n) is 6.31. The van der Waals surface area contributed by atoms with Crippen molar-refractivity contribution < 1.29 is 9.90 Å². The van der Waals surface area contributed by atoms with E-state index in [1.54, 1.807) is 0 Å². The van der Waals surface area contributed by atoms with E-state index in [1.165, 1.54) is 12.8 Å². The summed E-state index contributed by atoms with van der Waals surface area (Å²) in [6.45, 7) is 7.08. The number of carboxylic acids is 1. The third-order valence-corrected chi connectivity index (χ3v) is 3.74. The van der Waals surface area contributed by atoms with Gasteiger partial charge in [0, 0.05) is 6.54 Å². The molecule has 16 heavy (non-hydrogen) atoms. The molecule has 0 spiro atoms. The Labute approximate surface area is 98.8 Å². The van der Waals surface area contributed by atoms with Gasteiger partial charge in [0.2, 0.25) is 0 Å². The lowest BCUT2D eigenvalue weighted by Gasteiger charge is -2.35. The van der Waals surface area contributed by atoms with Gasteiger partial charge in [0.1, 0.15) is 5.54 Å². The summed E-state index contributed by atoms with van der Waals surface area (Å²) in [4.78, 5) is 13.5. The van der Waals surface area contributed by atoms with Crippen LogP contribution in [0, 0.1) is 11.8 Å². The van der Waals surface area contributed by atoms with Crippen LogP contribution in [0.3, 0.4) is 0 Å². The lowest BCUT2D eigenvalue weighted by Crippen LogP contribution is -2.51. The summed E-state index contributed by atoms with van der Waals surface area (Å²) in [5.74, 6) is 0.618. The highest BCUT2D eigenvalue weighted by Gasteiger charge is 2.39. The van der Waals surface area contributed by atoms with Crippen LogP contribution in [-0.2, 0) is 4.79 Å². The molecule has 0 saturated heterocycles. The van der Waals surface area contributed by atoms with Crippen LogP contribution in [0.5, 0.6) is 0 Å². The van der Waals surface area contributed by atoms with Crippen LogP contribution >= 0.6 is 0 Å². The van der Waals surface area contributed by atoms with E-state index < -0.39 is 11.5 Å². The van der Waals surface area contributed by atoms with E-state index in [-0.39, 0.29) is 0 Å². The van der Waals surface area contributed by atoms with Gasteiger partial charge in [-0.3, -0.25) is 9.69 Å². The minimum atomic E-state index is -0.688. The second-order valence-electron chi connectivity index (χ2n) is 5.84. The van der Waals surface area contributed by atoms with Gasteiger partial charge in [-0.25, -0.2) is 0 Å². The number of rotatable bonds is 7. The number of aliphatic carboxylic acids is 1. The number of carbonyl (C=O) groups is 1. The largest absolute Gasteiger partial charge is 0.480 e. The summed E-state index contributed by atoms with van der Waals surface area (Å²) >= 11 is 0. The minimum absolute atomic E-state index is 0.563. The molecule has 1 aliphatic carbocycles. The van der Waals surface area contributed by atoms with Gasteiger partial charge in [-0.15, -0.1) is 0 Å². The van der Waals surface area contributed by atoms with Crippen LogP contribution in [0.4, 0.5) is 0 Å². The zero-order valence-corrected chi connectivity index (χ0v) is 11.0. The van der Waals surface area contributed by atoms with Crippen molar-refractivity contribution >= 4 is 5.97 Å². The number of carboxylic acid groups (broad SMARTS) is 1. The topological polar surface area (TPSA) is 40.5 Å². The Kier molecular flexibility index (Phi) is 4.36. The van der Waals surface area contributed by atoms with Crippen molar-refractivity contribution in [1.82, 2.24) is 4.90 Å². The molecule has 0 heterocycles. The lowest BCUT2D eigenvalue weighted by molar-refractivity contribution is -0.150. The fourth-order valence-corrected chi connectivity index (χ4v) is 1.92. The van der Waals surface area contributed by atoms with Gasteiger partial charge in [0.15, 0.2) is 0 Å². The quantitative estimate of drug-likeness (QED) is 0.727. The zero-order chi connectivity index (χ0) is 12.3. The van der Waals surface area contributed by atoms with Crippen molar-refractivity contribution in [3.63, 3.8) is 0 Å². The minimum Gasteiger partial charge on any atom is -0.480 e. The van der Waals surface area contributed by atoms with E-state index in [9.17, 15) is 9.90 Å². The zero-order valence-electron chi connectivity index (χ0n) is 11.0. The molecular formula is C13H25NO2.